The Hall–Kier alpha value is -3.49. The summed E-state index contributed by atoms with van der Waals surface area (Å²) in [5.41, 5.74) is 12.3. The summed E-state index contributed by atoms with van der Waals surface area (Å²) in [6.45, 7) is 11.1. The summed E-state index contributed by atoms with van der Waals surface area (Å²) < 4.78 is 22.5. The van der Waals surface area contributed by atoms with Crippen molar-refractivity contribution in [3.63, 3.8) is 0 Å². The highest BCUT2D eigenvalue weighted by Crippen LogP contribution is 2.28. The molecule has 2 aromatic rings. The molecule has 0 bridgehead atoms. The molecular formula is C28H38N4O5S. The average Bonchev–Trinajstić information content (AvgIpc) is 2.88. The molecule has 1 unspecified atom stereocenters. The minimum Gasteiger partial charge on any atom is -0.493 e. The second kappa shape index (κ2) is 15.1. The van der Waals surface area contributed by atoms with Gasteiger partial charge >= 0.3 is 5.97 Å². The van der Waals surface area contributed by atoms with E-state index >= 15 is 0 Å². The predicted molar refractivity (Wildman–Crippen MR) is 151 cm³/mol. The van der Waals surface area contributed by atoms with Crippen LogP contribution in [0.15, 0.2) is 41.5 Å². The Balaban J connectivity index is 1.95. The number of methoxy groups -OCH3 is 1. The van der Waals surface area contributed by atoms with Crippen molar-refractivity contribution >= 4 is 23.4 Å². The van der Waals surface area contributed by atoms with Crippen molar-refractivity contribution < 1.29 is 23.7 Å². The molecule has 0 amide bonds. The van der Waals surface area contributed by atoms with Crippen LogP contribution in [-0.2, 0) is 27.2 Å². The molecule has 2 rings (SSSR count). The van der Waals surface area contributed by atoms with Crippen LogP contribution in [0, 0.1) is 25.2 Å². The minimum atomic E-state index is -0.574. The van der Waals surface area contributed by atoms with Gasteiger partial charge in [0.05, 0.1) is 38.9 Å². The molecule has 1 N–H and O–H groups in total. The summed E-state index contributed by atoms with van der Waals surface area (Å²) in [4.78, 5) is 15.0. The number of esters is 1. The molecular weight excluding hydrogens is 504 g/mol. The zero-order valence-electron chi connectivity index (χ0n) is 23.1. The Morgan fingerprint density at radius 1 is 1.05 bits per heavy atom. The van der Waals surface area contributed by atoms with Crippen LogP contribution in [-0.4, -0.2) is 44.6 Å². The maximum atomic E-state index is 12.3. The Bertz CT molecular complexity index is 1140. The van der Waals surface area contributed by atoms with Gasteiger partial charge in [0.2, 0.25) is 0 Å². The second-order valence-corrected chi connectivity index (χ2v) is 10.4. The van der Waals surface area contributed by atoms with Gasteiger partial charge < -0.3 is 24.3 Å². The summed E-state index contributed by atoms with van der Waals surface area (Å²) in [7, 11) is 1.56. The van der Waals surface area contributed by atoms with Crippen LogP contribution in [0.5, 0.6) is 11.5 Å². The maximum Gasteiger partial charge on any atom is 0.311 e. The van der Waals surface area contributed by atoms with Gasteiger partial charge in [-0.15, -0.1) is 0 Å². The van der Waals surface area contributed by atoms with Gasteiger partial charge in [-0.25, -0.2) is 0 Å². The molecule has 0 fully saturated rings. The number of nitrogens with one attached hydrogen (secondary N) is 1. The summed E-state index contributed by atoms with van der Waals surface area (Å²) in [5.74, 6) is 0.806. The first kappa shape index (κ1) is 30.7. The lowest BCUT2D eigenvalue weighted by Crippen LogP contribution is -2.30. The average molecular weight is 543 g/mol. The van der Waals surface area contributed by atoms with Gasteiger partial charge in [-0.05, 0) is 93.2 Å². The fourth-order valence-electron chi connectivity index (χ4n) is 3.44. The third kappa shape index (κ3) is 10.5. The number of thiocarbonyl (C=S) groups is 1. The number of carbonyl (C=O) groups is 1. The Morgan fingerprint density at radius 3 is 2.42 bits per heavy atom. The van der Waals surface area contributed by atoms with Gasteiger partial charge in [-0.3, -0.25) is 4.79 Å². The molecule has 1 atom stereocenters. The zero-order chi connectivity index (χ0) is 28.1. The largest absolute Gasteiger partial charge is 0.493 e. The number of benzene rings is 2. The number of ether oxygens (including phenoxy) is 4. The fraction of sp³-hybridized carbons (Fsp3) is 0.500. The number of azide groups is 1. The van der Waals surface area contributed by atoms with Crippen molar-refractivity contribution in [2.75, 3.05) is 33.5 Å². The van der Waals surface area contributed by atoms with E-state index in [4.69, 9.17) is 36.7 Å². The smallest absolute Gasteiger partial charge is 0.311 e. The van der Waals surface area contributed by atoms with Crippen molar-refractivity contribution in [1.29, 1.82) is 0 Å². The molecule has 206 valence electrons. The summed E-state index contributed by atoms with van der Waals surface area (Å²) in [5, 5.41) is 6.81. The van der Waals surface area contributed by atoms with Gasteiger partial charge in [0.25, 0.3) is 5.17 Å². The van der Waals surface area contributed by atoms with E-state index in [1.807, 2.05) is 32.9 Å². The number of hydrogen-bond donors (Lipinski definition) is 1. The standard InChI is InChI=1S/C28H38N4O5S/c1-19-7-8-21(13-20(19)2)14-23(17-36-26(33)28(3,4)5)18-37-27(38)30-16-22-9-10-24(25(15-22)34-6)35-12-11-31-32-29/h7-10,13,15,23H,11-12,14,16-18H2,1-6H3,(H,30,38). The summed E-state index contributed by atoms with van der Waals surface area (Å²) >= 11 is 5.40. The van der Waals surface area contributed by atoms with E-state index in [1.54, 1.807) is 13.2 Å². The highest BCUT2D eigenvalue weighted by atomic mass is 32.1. The molecule has 38 heavy (non-hydrogen) atoms. The van der Waals surface area contributed by atoms with Crippen LogP contribution in [0.4, 0.5) is 0 Å². The Kier molecular flexibility index (Phi) is 12.2. The predicted octanol–water partition coefficient (Wildman–Crippen LogP) is 5.84. The highest BCUT2D eigenvalue weighted by molar-refractivity contribution is 7.80. The molecule has 0 radical (unpaired) electrons. The van der Waals surface area contributed by atoms with Gasteiger partial charge in [0.15, 0.2) is 11.5 Å². The molecule has 0 saturated heterocycles. The molecule has 2 aromatic carbocycles. The molecule has 0 saturated carbocycles. The van der Waals surface area contributed by atoms with Crippen molar-refractivity contribution in [3.05, 3.63) is 69.1 Å². The molecule has 0 aliphatic heterocycles. The maximum absolute atomic E-state index is 12.3. The summed E-state index contributed by atoms with van der Waals surface area (Å²) in [6, 6.07) is 11.9. The second-order valence-electron chi connectivity index (χ2n) is 10.1. The van der Waals surface area contributed by atoms with Crippen molar-refractivity contribution in [3.8, 4) is 11.5 Å². The lowest BCUT2D eigenvalue weighted by atomic mass is 9.96. The van der Waals surface area contributed by atoms with E-state index < -0.39 is 5.41 Å². The van der Waals surface area contributed by atoms with Crippen LogP contribution >= 0.6 is 12.2 Å². The van der Waals surface area contributed by atoms with Gasteiger partial charge in [0, 0.05) is 17.4 Å². The molecule has 0 aromatic heterocycles. The number of nitrogens with zero attached hydrogens (tertiary/aromatic N) is 3. The number of rotatable bonds is 13. The fourth-order valence-corrected chi connectivity index (χ4v) is 3.58. The van der Waals surface area contributed by atoms with E-state index in [-0.39, 0.29) is 36.8 Å². The van der Waals surface area contributed by atoms with Gasteiger partial charge in [0.1, 0.15) is 0 Å². The van der Waals surface area contributed by atoms with Crippen molar-refractivity contribution in [2.24, 2.45) is 16.4 Å². The first-order chi connectivity index (χ1) is 18.0. The zero-order valence-corrected chi connectivity index (χ0v) is 23.9. The van der Waals surface area contributed by atoms with E-state index in [1.165, 1.54) is 11.1 Å². The van der Waals surface area contributed by atoms with E-state index in [0.717, 1.165) is 11.1 Å². The van der Waals surface area contributed by atoms with Crippen LogP contribution < -0.4 is 14.8 Å². The normalized spacial score (nSPS) is 11.6. The topological polar surface area (TPSA) is 115 Å². The summed E-state index contributed by atoms with van der Waals surface area (Å²) in [6.07, 6.45) is 0.694. The van der Waals surface area contributed by atoms with Crippen LogP contribution in [0.3, 0.4) is 0 Å². The molecule has 10 heteroatoms. The Morgan fingerprint density at radius 2 is 1.76 bits per heavy atom. The van der Waals surface area contributed by atoms with Gasteiger partial charge in [-0.1, -0.05) is 29.4 Å². The van der Waals surface area contributed by atoms with Gasteiger partial charge in [-0.2, -0.15) is 0 Å². The lowest BCUT2D eigenvalue weighted by Gasteiger charge is -2.22. The molecule has 0 aliphatic carbocycles. The quantitative estimate of drug-likeness (QED) is 0.0844. The molecule has 9 nitrogen and oxygen atoms in total. The SMILES string of the molecule is COc1cc(CNC(=S)OCC(COC(=O)C(C)(C)C)Cc2ccc(C)c(C)c2)ccc1OCCN=[N+]=[N-]. The van der Waals surface area contributed by atoms with E-state index in [0.29, 0.717) is 31.1 Å². The number of hydrogen-bond acceptors (Lipinski definition) is 7. The molecule has 0 heterocycles. The third-order valence-electron chi connectivity index (χ3n) is 5.79. The van der Waals surface area contributed by atoms with E-state index in [2.05, 4.69) is 47.4 Å². The Labute approximate surface area is 230 Å². The van der Waals surface area contributed by atoms with Crippen LogP contribution in [0.25, 0.3) is 10.4 Å². The van der Waals surface area contributed by atoms with Crippen molar-refractivity contribution in [2.45, 2.75) is 47.6 Å². The molecule has 0 aliphatic rings. The molecule has 0 spiro atoms. The first-order valence-electron chi connectivity index (χ1n) is 12.5. The minimum absolute atomic E-state index is 0.0648. The number of carbonyl (C=O) groups excluding carboxylic acids is 1. The highest BCUT2D eigenvalue weighted by Gasteiger charge is 2.25. The monoisotopic (exact) mass is 542 g/mol. The van der Waals surface area contributed by atoms with Crippen molar-refractivity contribution in [1.82, 2.24) is 5.32 Å². The lowest BCUT2D eigenvalue weighted by molar-refractivity contribution is -0.154. The first-order valence-corrected chi connectivity index (χ1v) is 12.9. The van der Waals surface area contributed by atoms with Crippen LogP contribution in [0.2, 0.25) is 0 Å². The number of aryl methyl sites for hydroxylation is 2. The van der Waals surface area contributed by atoms with Crippen LogP contribution in [0.1, 0.15) is 43.0 Å². The third-order valence-corrected chi connectivity index (χ3v) is 6.05. The van der Waals surface area contributed by atoms with E-state index in [9.17, 15) is 4.79 Å².